The van der Waals surface area contributed by atoms with Crippen molar-refractivity contribution in [3.8, 4) is 5.88 Å². The highest BCUT2D eigenvalue weighted by Crippen LogP contribution is 2.25. The van der Waals surface area contributed by atoms with E-state index in [2.05, 4.69) is 4.98 Å². The number of aromatic nitrogens is 1. The van der Waals surface area contributed by atoms with Crippen LogP contribution < -0.4 is 4.74 Å². The van der Waals surface area contributed by atoms with E-state index in [-0.39, 0.29) is 5.91 Å². The summed E-state index contributed by atoms with van der Waals surface area (Å²) >= 11 is 0. The van der Waals surface area contributed by atoms with Crippen LogP contribution in [0.25, 0.3) is 0 Å². The van der Waals surface area contributed by atoms with Gasteiger partial charge in [0.05, 0.1) is 12.7 Å². The molecule has 0 saturated carbocycles. The lowest BCUT2D eigenvalue weighted by atomic mass is 9.97. The standard InChI is InChI=1S/C19H20N2O4/c1-25-17-16(6-3-8-20-17)18(22)21-9-7-14(12-21)10-13-4-2-5-15(11-13)19(23)24/h2-6,8,11,14H,7,9-10,12H2,1H3,(H,23,24). The predicted molar refractivity (Wildman–Crippen MR) is 91.9 cm³/mol. The monoisotopic (exact) mass is 340 g/mol. The third kappa shape index (κ3) is 3.79. The van der Waals surface area contributed by atoms with Gasteiger partial charge >= 0.3 is 5.97 Å². The number of hydrogen-bond donors (Lipinski definition) is 1. The van der Waals surface area contributed by atoms with Crippen molar-refractivity contribution in [3.05, 3.63) is 59.3 Å². The molecule has 2 aromatic rings. The number of ether oxygens (including phenoxy) is 1. The van der Waals surface area contributed by atoms with Gasteiger partial charge in [-0.2, -0.15) is 0 Å². The van der Waals surface area contributed by atoms with Gasteiger partial charge in [-0.15, -0.1) is 0 Å². The van der Waals surface area contributed by atoms with Gasteiger partial charge in [0.15, 0.2) is 0 Å². The number of pyridine rings is 1. The molecule has 1 unspecified atom stereocenters. The first kappa shape index (κ1) is 17.0. The van der Waals surface area contributed by atoms with Gasteiger partial charge in [0.2, 0.25) is 5.88 Å². The molecule has 1 saturated heterocycles. The number of hydrogen-bond acceptors (Lipinski definition) is 4. The lowest BCUT2D eigenvalue weighted by molar-refractivity contribution is 0.0696. The number of carbonyl (C=O) groups is 2. The van der Waals surface area contributed by atoms with Crippen LogP contribution >= 0.6 is 0 Å². The van der Waals surface area contributed by atoms with Crippen molar-refractivity contribution in [3.63, 3.8) is 0 Å². The highest BCUT2D eigenvalue weighted by Gasteiger charge is 2.28. The van der Waals surface area contributed by atoms with E-state index >= 15 is 0 Å². The average molecular weight is 340 g/mol. The molecule has 2 heterocycles. The molecule has 1 aromatic carbocycles. The van der Waals surface area contributed by atoms with Gasteiger partial charge in [0.1, 0.15) is 5.56 Å². The molecule has 6 heteroatoms. The molecule has 3 rings (SSSR count). The zero-order valence-corrected chi connectivity index (χ0v) is 14.0. The van der Waals surface area contributed by atoms with Crippen LogP contribution in [0.5, 0.6) is 5.88 Å². The molecule has 0 bridgehead atoms. The Morgan fingerprint density at radius 2 is 2.16 bits per heavy atom. The minimum absolute atomic E-state index is 0.0771. The van der Waals surface area contributed by atoms with Gasteiger partial charge in [-0.3, -0.25) is 4.79 Å². The molecular weight excluding hydrogens is 320 g/mol. The topological polar surface area (TPSA) is 79.7 Å². The maximum atomic E-state index is 12.7. The first-order chi connectivity index (χ1) is 12.1. The van der Waals surface area contributed by atoms with Crippen molar-refractivity contribution in [1.82, 2.24) is 9.88 Å². The van der Waals surface area contributed by atoms with Crippen molar-refractivity contribution in [2.24, 2.45) is 5.92 Å². The summed E-state index contributed by atoms with van der Waals surface area (Å²) in [4.78, 5) is 29.7. The summed E-state index contributed by atoms with van der Waals surface area (Å²) in [7, 11) is 1.50. The second kappa shape index (κ2) is 7.34. The third-order valence-corrected chi connectivity index (χ3v) is 4.47. The summed E-state index contributed by atoms with van der Waals surface area (Å²) in [5.74, 6) is -0.346. The SMILES string of the molecule is COc1ncccc1C(=O)N1CCC(Cc2cccc(C(=O)O)c2)C1. The Kier molecular flexibility index (Phi) is 4.97. The number of amides is 1. The van der Waals surface area contributed by atoms with E-state index in [1.807, 2.05) is 11.0 Å². The maximum Gasteiger partial charge on any atom is 0.335 e. The van der Waals surface area contributed by atoms with Crippen molar-refractivity contribution in [2.75, 3.05) is 20.2 Å². The molecule has 6 nitrogen and oxygen atoms in total. The van der Waals surface area contributed by atoms with Crippen molar-refractivity contribution in [2.45, 2.75) is 12.8 Å². The van der Waals surface area contributed by atoms with E-state index in [0.29, 0.717) is 36.0 Å². The van der Waals surface area contributed by atoms with Crippen molar-refractivity contribution < 1.29 is 19.4 Å². The van der Waals surface area contributed by atoms with E-state index in [0.717, 1.165) is 18.4 Å². The fraction of sp³-hybridized carbons (Fsp3) is 0.316. The van der Waals surface area contributed by atoms with E-state index in [1.54, 1.807) is 36.5 Å². The van der Waals surface area contributed by atoms with Gasteiger partial charge in [-0.1, -0.05) is 12.1 Å². The molecule has 1 aliphatic rings. The normalized spacial score (nSPS) is 16.7. The number of methoxy groups -OCH3 is 1. The number of likely N-dealkylation sites (tertiary alicyclic amines) is 1. The molecule has 1 aliphatic heterocycles. The fourth-order valence-electron chi connectivity index (χ4n) is 3.23. The van der Waals surface area contributed by atoms with Crippen LogP contribution in [0.1, 0.15) is 32.7 Å². The zero-order chi connectivity index (χ0) is 17.8. The van der Waals surface area contributed by atoms with Crippen LogP contribution in [0.15, 0.2) is 42.6 Å². The number of carboxylic acids is 1. The first-order valence-corrected chi connectivity index (χ1v) is 8.19. The van der Waals surface area contributed by atoms with Gasteiger partial charge in [0.25, 0.3) is 5.91 Å². The minimum Gasteiger partial charge on any atom is -0.480 e. The Morgan fingerprint density at radius 3 is 2.92 bits per heavy atom. The Hall–Kier alpha value is -2.89. The zero-order valence-electron chi connectivity index (χ0n) is 14.0. The second-order valence-electron chi connectivity index (χ2n) is 6.18. The van der Waals surface area contributed by atoms with E-state index in [4.69, 9.17) is 9.84 Å². The summed E-state index contributed by atoms with van der Waals surface area (Å²) in [6, 6.07) is 10.4. The van der Waals surface area contributed by atoms with Gasteiger partial charge in [0, 0.05) is 19.3 Å². The Bertz CT molecular complexity index is 790. The molecule has 25 heavy (non-hydrogen) atoms. The predicted octanol–water partition coefficient (Wildman–Crippen LogP) is 2.49. The van der Waals surface area contributed by atoms with Crippen LogP contribution in [0.3, 0.4) is 0 Å². The number of carboxylic acid groups (broad SMARTS) is 1. The number of carbonyl (C=O) groups excluding carboxylic acids is 1. The van der Waals surface area contributed by atoms with Crippen LogP contribution in [-0.2, 0) is 6.42 Å². The van der Waals surface area contributed by atoms with Gasteiger partial charge in [-0.25, -0.2) is 9.78 Å². The Balaban J connectivity index is 1.66. The van der Waals surface area contributed by atoms with Crippen molar-refractivity contribution >= 4 is 11.9 Å². The van der Waals surface area contributed by atoms with Gasteiger partial charge < -0.3 is 14.7 Å². The largest absolute Gasteiger partial charge is 0.480 e. The maximum absolute atomic E-state index is 12.7. The summed E-state index contributed by atoms with van der Waals surface area (Å²) in [5, 5.41) is 9.09. The van der Waals surface area contributed by atoms with Crippen LogP contribution in [0, 0.1) is 5.92 Å². The quantitative estimate of drug-likeness (QED) is 0.904. The highest BCUT2D eigenvalue weighted by atomic mass is 16.5. The smallest absolute Gasteiger partial charge is 0.335 e. The minimum atomic E-state index is -0.922. The summed E-state index contributed by atoms with van der Waals surface area (Å²) in [6.07, 6.45) is 3.25. The molecule has 0 aliphatic carbocycles. The lowest BCUT2D eigenvalue weighted by Gasteiger charge is -2.17. The molecule has 1 aromatic heterocycles. The van der Waals surface area contributed by atoms with E-state index < -0.39 is 5.97 Å². The molecular formula is C19H20N2O4. The molecule has 130 valence electrons. The number of aromatic carboxylic acids is 1. The summed E-state index contributed by atoms with van der Waals surface area (Å²) in [5.41, 5.74) is 1.75. The van der Waals surface area contributed by atoms with E-state index in [1.165, 1.54) is 7.11 Å². The molecule has 1 atom stereocenters. The number of rotatable bonds is 5. The molecule has 1 amide bonds. The fourth-order valence-corrected chi connectivity index (χ4v) is 3.23. The lowest BCUT2D eigenvalue weighted by Crippen LogP contribution is -2.29. The summed E-state index contributed by atoms with van der Waals surface area (Å²) < 4.78 is 5.17. The molecule has 1 fully saturated rings. The number of benzene rings is 1. The number of nitrogens with zero attached hydrogens (tertiary/aromatic N) is 2. The first-order valence-electron chi connectivity index (χ1n) is 8.19. The van der Waals surface area contributed by atoms with Crippen LogP contribution in [-0.4, -0.2) is 47.1 Å². The van der Waals surface area contributed by atoms with Crippen LogP contribution in [0.2, 0.25) is 0 Å². The van der Waals surface area contributed by atoms with E-state index in [9.17, 15) is 9.59 Å². The third-order valence-electron chi connectivity index (χ3n) is 4.47. The Labute approximate surface area is 146 Å². The molecule has 0 spiro atoms. The molecule has 1 N–H and O–H groups in total. The van der Waals surface area contributed by atoms with Crippen molar-refractivity contribution in [1.29, 1.82) is 0 Å². The van der Waals surface area contributed by atoms with Gasteiger partial charge in [-0.05, 0) is 48.6 Å². The highest BCUT2D eigenvalue weighted by molar-refractivity contribution is 5.96. The second-order valence-corrected chi connectivity index (χ2v) is 6.18. The van der Waals surface area contributed by atoms with Crippen LogP contribution in [0.4, 0.5) is 0 Å². The summed E-state index contributed by atoms with van der Waals surface area (Å²) in [6.45, 7) is 1.33. The average Bonchev–Trinajstić information content (AvgIpc) is 3.09. The molecule has 0 radical (unpaired) electrons. The Morgan fingerprint density at radius 1 is 1.32 bits per heavy atom.